The maximum atomic E-state index is 12.0. The zero-order valence-electron chi connectivity index (χ0n) is 9.53. The third kappa shape index (κ3) is 3.59. The lowest BCUT2D eigenvalue weighted by Crippen LogP contribution is -2.31. The average Bonchev–Trinajstić information content (AvgIpc) is 2.78. The summed E-state index contributed by atoms with van der Waals surface area (Å²) < 4.78 is 31.9. The lowest BCUT2D eigenvalue weighted by molar-refractivity contribution is 0.114. The second-order valence-corrected chi connectivity index (χ2v) is 6.73. The standard InChI is InChI=1S/C11H13Cl2NO3S/c12-8-4-9(13)6-11(5-8)18(15,16)14-7-10-2-1-3-17-10/h4-6,10,14H,1-3,7H2/t10-/m1/s1. The van der Waals surface area contributed by atoms with Gasteiger partial charge < -0.3 is 4.74 Å². The molecule has 0 radical (unpaired) electrons. The highest BCUT2D eigenvalue weighted by atomic mass is 35.5. The van der Waals surface area contributed by atoms with Gasteiger partial charge in [0.2, 0.25) is 10.0 Å². The Bertz CT molecular complexity index is 507. The Balaban J connectivity index is 2.09. The number of hydrogen-bond acceptors (Lipinski definition) is 3. The first kappa shape index (κ1) is 14.1. The van der Waals surface area contributed by atoms with Crippen LogP contribution in [0.25, 0.3) is 0 Å². The van der Waals surface area contributed by atoms with Crippen LogP contribution in [-0.2, 0) is 14.8 Å². The van der Waals surface area contributed by atoms with Gasteiger partial charge in [-0.05, 0) is 31.0 Å². The SMILES string of the molecule is O=S(=O)(NC[C@H]1CCCO1)c1cc(Cl)cc(Cl)c1. The van der Waals surface area contributed by atoms with Gasteiger partial charge in [-0.25, -0.2) is 13.1 Å². The van der Waals surface area contributed by atoms with Crippen LogP contribution < -0.4 is 4.72 Å². The Labute approximate surface area is 116 Å². The number of rotatable bonds is 4. The normalized spacial score (nSPS) is 20.2. The lowest BCUT2D eigenvalue weighted by Gasteiger charge is -2.11. The minimum atomic E-state index is -3.59. The summed E-state index contributed by atoms with van der Waals surface area (Å²) in [5.74, 6) is 0. The minimum absolute atomic E-state index is 0.0468. The molecule has 1 fully saturated rings. The summed E-state index contributed by atoms with van der Waals surface area (Å²) >= 11 is 11.6. The van der Waals surface area contributed by atoms with Crippen LogP contribution in [0, 0.1) is 0 Å². The first-order chi connectivity index (χ1) is 8.47. The van der Waals surface area contributed by atoms with E-state index in [9.17, 15) is 8.42 Å². The topological polar surface area (TPSA) is 55.4 Å². The van der Waals surface area contributed by atoms with Gasteiger partial charge in [0.15, 0.2) is 0 Å². The highest BCUT2D eigenvalue weighted by molar-refractivity contribution is 7.89. The minimum Gasteiger partial charge on any atom is -0.377 e. The molecule has 1 aromatic carbocycles. The molecule has 1 heterocycles. The van der Waals surface area contributed by atoms with E-state index in [2.05, 4.69) is 4.72 Å². The molecule has 1 aliphatic heterocycles. The van der Waals surface area contributed by atoms with Gasteiger partial charge in [0, 0.05) is 23.2 Å². The van der Waals surface area contributed by atoms with Crippen molar-refractivity contribution in [1.82, 2.24) is 4.72 Å². The van der Waals surface area contributed by atoms with Crippen LogP contribution in [-0.4, -0.2) is 27.7 Å². The van der Waals surface area contributed by atoms with Gasteiger partial charge in [0.25, 0.3) is 0 Å². The molecule has 2 rings (SSSR count). The molecule has 100 valence electrons. The second kappa shape index (κ2) is 5.75. The fourth-order valence-electron chi connectivity index (χ4n) is 1.77. The number of sulfonamides is 1. The van der Waals surface area contributed by atoms with Crippen LogP contribution >= 0.6 is 23.2 Å². The third-order valence-electron chi connectivity index (χ3n) is 2.67. The molecule has 18 heavy (non-hydrogen) atoms. The van der Waals surface area contributed by atoms with Crippen molar-refractivity contribution in [2.45, 2.75) is 23.8 Å². The first-order valence-corrected chi connectivity index (χ1v) is 7.79. The molecule has 0 saturated carbocycles. The molecule has 0 unspecified atom stereocenters. The molecular formula is C11H13Cl2NO3S. The van der Waals surface area contributed by atoms with Crippen LogP contribution in [0.3, 0.4) is 0 Å². The number of ether oxygens (including phenoxy) is 1. The van der Waals surface area contributed by atoms with E-state index in [0.29, 0.717) is 16.7 Å². The van der Waals surface area contributed by atoms with Gasteiger partial charge in [-0.3, -0.25) is 0 Å². The number of nitrogens with one attached hydrogen (secondary N) is 1. The van der Waals surface area contributed by atoms with E-state index in [1.54, 1.807) is 0 Å². The largest absolute Gasteiger partial charge is 0.377 e. The van der Waals surface area contributed by atoms with Crippen molar-refractivity contribution in [2.75, 3.05) is 13.2 Å². The summed E-state index contributed by atoms with van der Waals surface area (Å²) in [5.41, 5.74) is 0. The van der Waals surface area contributed by atoms with Crippen LogP contribution in [0.15, 0.2) is 23.1 Å². The maximum Gasteiger partial charge on any atom is 0.240 e. The molecule has 7 heteroatoms. The summed E-state index contributed by atoms with van der Waals surface area (Å²) in [4.78, 5) is 0.0676. The van der Waals surface area contributed by atoms with E-state index < -0.39 is 10.0 Å². The average molecular weight is 310 g/mol. The predicted molar refractivity (Wildman–Crippen MR) is 70.6 cm³/mol. The quantitative estimate of drug-likeness (QED) is 0.929. The molecule has 1 N–H and O–H groups in total. The molecule has 0 spiro atoms. The van der Waals surface area contributed by atoms with Gasteiger partial charge in [0.1, 0.15) is 0 Å². The molecule has 4 nitrogen and oxygen atoms in total. The maximum absolute atomic E-state index is 12.0. The van der Waals surface area contributed by atoms with Crippen LogP contribution in [0.5, 0.6) is 0 Å². The van der Waals surface area contributed by atoms with Gasteiger partial charge in [-0.15, -0.1) is 0 Å². The van der Waals surface area contributed by atoms with E-state index in [1.807, 2.05) is 0 Å². The summed E-state index contributed by atoms with van der Waals surface area (Å²) in [6.07, 6.45) is 1.79. The van der Waals surface area contributed by atoms with Gasteiger partial charge in [-0.1, -0.05) is 23.2 Å². The Morgan fingerprint density at radius 2 is 1.94 bits per heavy atom. The summed E-state index contributed by atoms with van der Waals surface area (Å²) in [7, 11) is -3.59. The summed E-state index contributed by atoms with van der Waals surface area (Å²) in [5, 5.41) is 0.583. The third-order valence-corrected chi connectivity index (χ3v) is 4.51. The van der Waals surface area contributed by atoms with E-state index in [1.165, 1.54) is 18.2 Å². The molecule has 0 aliphatic carbocycles. The van der Waals surface area contributed by atoms with E-state index >= 15 is 0 Å². The lowest BCUT2D eigenvalue weighted by atomic mass is 10.2. The van der Waals surface area contributed by atoms with Crippen LogP contribution in [0.2, 0.25) is 10.0 Å². The van der Waals surface area contributed by atoms with Crippen molar-refractivity contribution >= 4 is 33.2 Å². The van der Waals surface area contributed by atoms with Gasteiger partial charge >= 0.3 is 0 Å². The van der Waals surface area contributed by atoms with Crippen molar-refractivity contribution in [1.29, 1.82) is 0 Å². The first-order valence-electron chi connectivity index (χ1n) is 5.55. The summed E-state index contributed by atoms with van der Waals surface area (Å²) in [6.45, 7) is 0.960. The van der Waals surface area contributed by atoms with Crippen LogP contribution in [0.1, 0.15) is 12.8 Å². The van der Waals surface area contributed by atoms with Crippen molar-refractivity contribution < 1.29 is 13.2 Å². The zero-order chi connectivity index (χ0) is 13.2. The Kier molecular flexibility index (Phi) is 4.50. The Hall–Kier alpha value is -0.330. The van der Waals surface area contributed by atoms with Crippen molar-refractivity contribution in [2.24, 2.45) is 0 Å². The molecular weight excluding hydrogens is 297 g/mol. The molecule has 1 saturated heterocycles. The van der Waals surface area contributed by atoms with E-state index in [4.69, 9.17) is 27.9 Å². The smallest absolute Gasteiger partial charge is 0.240 e. The fraction of sp³-hybridized carbons (Fsp3) is 0.455. The fourth-order valence-corrected chi connectivity index (χ4v) is 3.57. The van der Waals surface area contributed by atoms with E-state index in [-0.39, 0.29) is 17.5 Å². The highest BCUT2D eigenvalue weighted by Crippen LogP contribution is 2.22. The summed E-state index contributed by atoms with van der Waals surface area (Å²) in [6, 6.07) is 4.22. The van der Waals surface area contributed by atoms with E-state index in [0.717, 1.165) is 12.8 Å². The molecule has 1 aromatic rings. The van der Waals surface area contributed by atoms with Gasteiger partial charge in [-0.2, -0.15) is 0 Å². The Morgan fingerprint density at radius 3 is 2.50 bits per heavy atom. The van der Waals surface area contributed by atoms with Crippen molar-refractivity contribution in [3.63, 3.8) is 0 Å². The second-order valence-electron chi connectivity index (χ2n) is 4.09. The monoisotopic (exact) mass is 309 g/mol. The zero-order valence-corrected chi connectivity index (χ0v) is 11.9. The Morgan fingerprint density at radius 1 is 1.28 bits per heavy atom. The number of benzene rings is 1. The van der Waals surface area contributed by atoms with Crippen LogP contribution in [0.4, 0.5) is 0 Å². The molecule has 0 amide bonds. The number of hydrogen-bond donors (Lipinski definition) is 1. The molecule has 1 atom stereocenters. The molecule has 1 aliphatic rings. The van der Waals surface area contributed by atoms with Gasteiger partial charge in [0.05, 0.1) is 11.0 Å². The number of halogens is 2. The van der Waals surface area contributed by atoms with Crippen molar-refractivity contribution in [3.8, 4) is 0 Å². The molecule has 0 bridgehead atoms. The molecule has 0 aromatic heterocycles. The van der Waals surface area contributed by atoms with Crippen molar-refractivity contribution in [3.05, 3.63) is 28.2 Å². The predicted octanol–water partition coefficient (Wildman–Crippen LogP) is 2.45. The highest BCUT2D eigenvalue weighted by Gasteiger charge is 2.20.